The summed E-state index contributed by atoms with van der Waals surface area (Å²) in [5.74, 6) is 1.92. The van der Waals surface area contributed by atoms with Gasteiger partial charge in [0.15, 0.2) is 0 Å². The van der Waals surface area contributed by atoms with Gasteiger partial charge in [-0.05, 0) is 6.54 Å². The number of methoxy groups -OCH3 is 1. The highest BCUT2D eigenvalue weighted by Crippen LogP contribution is 2.21. The van der Waals surface area contributed by atoms with E-state index < -0.39 is 0 Å². The molecular weight excluding hydrogens is 180 g/mol. The maximum absolute atomic E-state index is 5.54. The van der Waals surface area contributed by atoms with E-state index in [-0.39, 0.29) is 0 Å². The molecule has 5 nitrogen and oxygen atoms in total. The zero-order valence-electron chi connectivity index (χ0n) is 8.18. The molecule has 0 aromatic carbocycles. The second-order valence-electron chi connectivity index (χ2n) is 3.41. The molecule has 1 aromatic rings. The van der Waals surface area contributed by atoms with Crippen molar-refractivity contribution >= 4 is 5.95 Å². The van der Waals surface area contributed by atoms with Gasteiger partial charge in [-0.1, -0.05) is 0 Å². The quantitative estimate of drug-likeness (QED) is 0.726. The highest BCUT2D eigenvalue weighted by atomic mass is 16.5. The van der Waals surface area contributed by atoms with Crippen molar-refractivity contribution < 1.29 is 4.74 Å². The van der Waals surface area contributed by atoms with Gasteiger partial charge in [0.25, 0.3) is 0 Å². The number of nitrogens with two attached hydrogens (primary N) is 1. The normalized spacial score (nSPS) is 16.6. The van der Waals surface area contributed by atoms with Crippen LogP contribution in [0.3, 0.4) is 0 Å². The summed E-state index contributed by atoms with van der Waals surface area (Å²) < 4.78 is 5.02. The highest BCUT2D eigenvalue weighted by molar-refractivity contribution is 5.35. The third kappa shape index (κ3) is 1.63. The fourth-order valence-electron chi connectivity index (χ4n) is 1.48. The molecule has 14 heavy (non-hydrogen) atoms. The molecule has 1 aliphatic heterocycles. The Morgan fingerprint density at radius 3 is 3.07 bits per heavy atom. The molecule has 0 atom stereocenters. The smallest absolute Gasteiger partial charge is 0.228 e. The maximum atomic E-state index is 5.54. The molecule has 0 amide bonds. The van der Waals surface area contributed by atoms with Crippen LogP contribution in [0, 0.1) is 5.92 Å². The Morgan fingerprint density at radius 1 is 1.64 bits per heavy atom. The number of rotatable bonds is 3. The van der Waals surface area contributed by atoms with Crippen molar-refractivity contribution in [3.8, 4) is 5.88 Å². The molecule has 0 aliphatic carbocycles. The number of aromatic nitrogens is 2. The predicted octanol–water partition coefficient (Wildman–Crippen LogP) is -0.120. The molecule has 0 bridgehead atoms. The lowest BCUT2D eigenvalue weighted by atomic mass is 10.0. The van der Waals surface area contributed by atoms with Crippen LogP contribution in [0.1, 0.15) is 0 Å². The Labute approximate surface area is 82.9 Å². The lowest BCUT2D eigenvalue weighted by molar-refractivity contribution is 0.386. The van der Waals surface area contributed by atoms with Gasteiger partial charge in [-0.25, -0.2) is 4.98 Å². The van der Waals surface area contributed by atoms with Gasteiger partial charge in [-0.2, -0.15) is 4.98 Å². The van der Waals surface area contributed by atoms with Crippen molar-refractivity contribution in [2.24, 2.45) is 11.7 Å². The first kappa shape index (κ1) is 9.21. The largest absolute Gasteiger partial charge is 0.481 e. The van der Waals surface area contributed by atoms with Crippen LogP contribution in [0.15, 0.2) is 12.3 Å². The summed E-state index contributed by atoms with van der Waals surface area (Å²) in [6.07, 6.45) is 1.71. The monoisotopic (exact) mass is 194 g/mol. The predicted molar refractivity (Wildman–Crippen MR) is 53.3 cm³/mol. The number of hydrogen-bond acceptors (Lipinski definition) is 5. The summed E-state index contributed by atoms with van der Waals surface area (Å²) in [6, 6.07) is 1.74. The van der Waals surface area contributed by atoms with E-state index >= 15 is 0 Å². The first-order valence-corrected chi connectivity index (χ1v) is 4.65. The van der Waals surface area contributed by atoms with Crippen LogP contribution < -0.4 is 15.4 Å². The van der Waals surface area contributed by atoms with E-state index in [1.807, 2.05) is 0 Å². The van der Waals surface area contributed by atoms with Crippen LogP contribution in [0.4, 0.5) is 5.95 Å². The summed E-state index contributed by atoms with van der Waals surface area (Å²) in [5, 5.41) is 0. The molecule has 0 radical (unpaired) electrons. The van der Waals surface area contributed by atoms with Gasteiger partial charge in [0, 0.05) is 31.3 Å². The Bertz CT molecular complexity index is 311. The molecule has 5 heteroatoms. The molecule has 0 unspecified atom stereocenters. The van der Waals surface area contributed by atoms with Crippen molar-refractivity contribution in [1.82, 2.24) is 9.97 Å². The van der Waals surface area contributed by atoms with E-state index in [1.54, 1.807) is 19.4 Å². The first-order valence-electron chi connectivity index (χ1n) is 4.65. The van der Waals surface area contributed by atoms with Crippen LogP contribution in [0.25, 0.3) is 0 Å². The van der Waals surface area contributed by atoms with Crippen LogP contribution in [0.2, 0.25) is 0 Å². The van der Waals surface area contributed by atoms with Crippen LogP contribution in [0.5, 0.6) is 5.88 Å². The molecule has 76 valence electrons. The third-order valence-electron chi connectivity index (χ3n) is 2.40. The van der Waals surface area contributed by atoms with Gasteiger partial charge in [0.2, 0.25) is 11.8 Å². The number of nitrogens with zero attached hydrogens (tertiary/aromatic N) is 3. The minimum absolute atomic E-state index is 0.588. The SMILES string of the molecule is COc1ccnc(N2CC(CN)C2)n1. The number of anilines is 1. The molecule has 0 saturated carbocycles. The van der Waals surface area contributed by atoms with Gasteiger partial charge in [0.1, 0.15) is 0 Å². The second kappa shape index (κ2) is 3.79. The Balaban J connectivity index is 2.03. The average molecular weight is 194 g/mol. The van der Waals surface area contributed by atoms with Crippen molar-refractivity contribution in [2.75, 3.05) is 31.6 Å². The molecule has 1 aliphatic rings. The van der Waals surface area contributed by atoms with Crippen molar-refractivity contribution in [2.45, 2.75) is 0 Å². The topological polar surface area (TPSA) is 64.3 Å². The van der Waals surface area contributed by atoms with E-state index in [0.29, 0.717) is 11.8 Å². The summed E-state index contributed by atoms with van der Waals surface area (Å²) in [6.45, 7) is 2.63. The third-order valence-corrected chi connectivity index (χ3v) is 2.40. The fraction of sp³-hybridized carbons (Fsp3) is 0.556. The number of hydrogen-bond donors (Lipinski definition) is 1. The van der Waals surface area contributed by atoms with Crippen LogP contribution in [-0.4, -0.2) is 36.7 Å². The molecule has 2 heterocycles. The van der Waals surface area contributed by atoms with E-state index in [4.69, 9.17) is 10.5 Å². The van der Waals surface area contributed by atoms with Gasteiger partial charge in [-0.3, -0.25) is 0 Å². The zero-order chi connectivity index (χ0) is 9.97. The minimum atomic E-state index is 0.588. The summed E-state index contributed by atoms with van der Waals surface area (Å²) in [4.78, 5) is 10.5. The summed E-state index contributed by atoms with van der Waals surface area (Å²) in [7, 11) is 1.60. The van der Waals surface area contributed by atoms with Gasteiger partial charge >= 0.3 is 0 Å². The molecule has 1 saturated heterocycles. The molecule has 2 N–H and O–H groups in total. The standard InChI is InChI=1S/C9H14N4O/c1-14-8-2-3-11-9(12-8)13-5-7(4-10)6-13/h2-3,7H,4-6,10H2,1H3. The van der Waals surface area contributed by atoms with Gasteiger partial charge in [-0.15, -0.1) is 0 Å². The van der Waals surface area contributed by atoms with Gasteiger partial charge < -0.3 is 15.4 Å². The summed E-state index contributed by atoms with van der Waals surface area (Å²) >= 11 is 0. The second-order valence-corrected chi connectivity index (χ2v) is 3.41. The first-order chi connectivity index (χ1) is 6.83. The number of ether oxygens (including phenoxy) is 1. The van der Waals surface area contributed by atoms with E-state index in [9.17, 15) is 0 Å². The molecular formula is C9H14N4O. The van der Waals surface area contributed by atoms with Crippen molar-refractivity contribution in [1.29, 1.82) is 0 Å². The molecule has 2 rings (SSSR count). The van der Waals surface area contributed by atoms with E-state index in [0.717, 1.165) is 25.6 Å². The van der Waals surface area contributed by atoms with Gasteiger partial charge in [0.05, 0.1) is 7.11 Å². The average Bonchev–Trinajstić information content (AvgIpc) is 2.17. The molecule has 1 aromatic heterocycles. The molecule has 1 fully saturated rings. The van der Waals surface area contributed by atoms with E-state index in [2.05, 4.69) is 14.9 Å². The highest BCUT2D eigenvalue weighted by Gasteiger charge is 2.27. The lowest BCUT2D eigenvalue weighted by Crippen LogP contribution is -2.50. The molecule has 0 spiro atoms. The Kier molecular flexibility index (Phi) is 2.49. The minimum Gasteiger partial charge on any atom is -0.481 e. The fourth-order valence-corrected chi connectivity index (χ4v) is 1.48. The van der Waals surface area contributed by atoms with Crippen LogP contribution >= 0.6 is 0 Å². The van der Waals surface area contributed by atoms with E-state index in [1.165, 1.54) is 0 Å². The summed E-state index contributed by atoms with van der Waals surface area (Å²) in [5.41, 5.74) is 5.54. The zero-order valence-corrected chi connectivity index (χ0v) is 8.18. The van der Waals surface area contributed by atoms with Crippen molar-refractivity contribution in [3.63, 3.8) is 0 Å². The Morgan fingerprint density at radius 2 is 2.43 bits per heavy atom. The Hall–Kier alpha value is -1.36. The van der Waals surface area contributed by atoms with Crippen molar-refractivity contribution in [3.05, 3.63) is 12.3 Å². The maximum Gasteiger partial charge on any atom is 0.228 e. The lowest BCUT2D eigenvalue weighted by Gasteiger charge is -2.38. The van der Waals surface area contributed by atoms with Crippen LogP contribution in [-0.2, 0) is 0 Å².